The van der Waals surface area contributed by atoms with Crippen molar-refractivity contribution in [1.29, 1.82) is 0 Å². The van der Waals surface area contributed by atoms with E-state index >= 15 is 0 Å². The molecule has 4 aromatic rings. The number of rotatable bonds is 2. The summed E-state index contributed by atoms with van der Waals surface area (Å²) in [6.45, 7) is 5.83. The van der Waals surface area contributed by atoms with Crippen LogP contribution in [0, 0.1) is 6.92 Å². The second-order valence-corrected chi connectivity index (χ2v) is 8.21. The number of thiophene rings is 2. The van der Waals surface area contributed by atoms with Gasteiger partial charge in [0.05, 0.1) is 10.8 Å². The van der Waals surface area contributed by atoms with Gasteiger partial charge in [-0.3, -0.25) is 0 Å². The third-order valence-electron chi connectivity index (χ3n) is 4.55. The van der Waals surface area contributed by atoms with Gasteiger partial charge in [0.25, 0.3) is 0 Å². The van der Waals surface area contributed by atoms with E-state index in [1.165, 1.54) is 10.3 Å². The summed E-state index contributed by atoms with van der Waals surface area (Å²) in [6.07, 6.45) is 3.35. The normalized spacial score (nSPS) is 15.4. The maximum absolute atomic E-state index is 4.56. The van der Waals surface area contributed by atoms with Crippen molar-refractivity contribution >= 4 is 54.7 Å². The summed E-state index contributed by atoms with van der Waals surface area (Å²) in [5, 5.41) is 4.40. The molecule has 25 heavy (non-hydrogen) atoms. The molecular weight excluding hydrogens is 352 g/mol. The molecule has 0 unspecified atom stereocenters. The van der Waals surface area contributed by atoms with Crippen LogP contribution >= 0.6 is 22.7 Å². The molecular formula is C17H16N6S2. The predicted octanol–water partition coefficient (Wildman–Crippen LogP) is 3.33. The number of fused-ring (bicyclic) bond motifs is 2. The van der Waals surface area contributed by atoms with Crippen LogP contribution in [0.4, 0.5) is 11.6 Å². The van der Waals surface area contributed by atoms with Gasteiger partial charge in [0, 0.05) is 31.1 Å². The second kappa shape index (κ2) is 5.89. The predicted molar refractivity (Wildman–Crippen MR) is 104 cm³/mol. The third-order valence-corrected chi connectivity index (χ3v) is 6.33. The lowest BCUT2D eigenvalue weighted by Gasteiger charge is -2.36. The van der Waals surface area contributed by atoms with Crippen molar-refractivity contribution in [3.63, 3.8) is 0 Å². The number of anilines is 2. The fourth-order valence-electron chi connectivity index (χ4n) is 3.37. The fraction of sp³-hybridized carbons (Fsp3) is 0.294. The second-order valence-electron chi connectivity index (χ2n) is 6.08. The summed E-state index contributed by atoms with van der Waals surface area (Å²) < 4.78 is 0. The summed E-state index contributed by atoms with van der Waals surface area (Å²) in [7, 11) is 0. The molecule has 126 valence electrons. The Labute approximate surface area is 152 Å². The van der Waals surface area contributed by atoms with E-state index in [9.17, 15) is 0 Å². The number of hydrogen-bond acceptors (Lipinski definition) is 8. The quantitative estimate of drug-likeness (QED) is 0.541. The maximum atomic E-state index is 4.56. The summed E-state index contributed by atoms with van der Waals surface area (Å²) in [6, 6.07) is 4.31. The van der Waals surface area contributed by atoms with Crippen LogP contribution in [-0.2, 0) is 0 Å². The van der Waals surface area contributed by atoms with E-state index in [0.717, 1.165) is 52.9 Å². The molecule has 4 aromatic heterocycles. The van der Waals surface area contributed by atoms with Gasteiger partial charge >= 0.3 is 0 Å². The van der Waals surface area contributed by atoms with Crippen LogP contribution in [-0.4, -0.2) is 46.1 Å². The van der Waals surface area contributed by atoms with Crippen LogP contribution in [0.2, 0.25) is 0 Å². The van der Waals surface area contributed by atoms with Gasteiger partial charge in [0.15, 0.2) is 0 Å². The fourth-order valence-corrected chi connectivity index (χ4v) is 4.94. The van der Waals surface area contributed by atoms with Gasteiger partial charge in [-0.2, -0.15) is 0 Å². The molecule has 0 bridgehead atoms. The van der Waals surface area contributed by atoms with Crippen molar-refractivity contribution in [1.82, 2.24) is 19.9 Å². The molecule has 0 radical (unpaired) electrons. The van der Waals surface area contributed by atoms with E-state index in [0.29, 0.717) is 0 Å². The van der Waals surface area contributed by atoms with Crippen LogP contribution in [0.5, 0.6) is 0 Å². The molecule has 8 heteroatoms. The SMILES string of the molecule is Cc1cc2c(N3CCN(c4ncnc5sccc45)CC3)ncnc2s1. The largest absolute Gasteiger partial charge is 0.352 e. The van der Waals surface area contributed by atoms with E-state index in [4.69, 9.17) is 0 Å². The monoisotopic (exact) mass is 368 g/mol. The van der Waals surface area contributed by atoms with Gasteiger partial charge in [0.1, 0.15) is 34.0 Å². The zero-order valence-corrected chi connectivity index (χ0v) is 15.3. The van der Waals surface area contributed by atoms with Crippen molar-refractivity contribution in [3.8, 4) is 0 Å². The molecule has 1 aliphatic heterocycles. The summed E-state index contributed by atoms with van der Waals surface area (Å²) in [5.74, 6) is 2.10. The number of piperazine rings is 1. The maximum Gasteiger partial charge on any atom is 0.140 e. The molecule has 5 rings (SSSR count). The number of aryl methyl sites for hydroxylation is 1. The molecule has 0 aliphatic carbocycles. The number of aromatic nitrogens is 4. The van der Waals surface area contributed by atoms with E-state index in [1.807, 2.05) is 0 Å². The Hall–Kier alpha value is -2.32. The average molecular weight is 368 g/mol. The minimum absolute atomic E-state index is 0.927. The number of nitrogens with zero attached hydrogens (tertiary/aromatic N) is 6. The molecule has 0 atom stereocenters. The Kier molecular flexibility index (Phi) is 3.53. The Morgan fingerprint density at radius 3 is 2.20 bits per heavy atom. The molecule has 6 nitrogen and oxygen atoms in total. The van der Waals surface area contributed by atoms with Crippen LogP contribution in [0.1, 0.15) is 4.88 Å². The smallest absolute Gasteiger partial charge is 0.140 e. The third kappa shape index (κ3) is 2.52. The summed E-state index contributed by atoms with van der Waals surface area (Å²) in [4.78, 5) is 26.0. The highest BCUT2D eigenvalue weighted by atomic mass is 32.1. The average Bonchev–Trinajstić information content (AvgIpc) is 3.26. The van der Waals surface area contributed by atoms with Crippen molar-refractivity contribution < 1.29 is 0 Å². The first-order valence-electron chi connectivity index (χ1n) is 8.19. The first-order valence-corrected chi connectivity index (χ1v) is 9.88. The molecule has 0 amide bonds. The van der Waals surface area contributed by atoms with Gasteiger partial charge in [-0.1, -0.05) is 0 Å². The first kappa shape index (κ1) is 15.0. The van der Waals surface area contributed by atoms with Gasteiger partial charge in [-0.05, 0) is 24.4 Å². The summed E-state index contributed by atoms with van der Waals surface area (Å²) in [5.41, 5.74) is 0. The topological polar surface area (TPSA) is 58.0 Å². The molecule has 0 N–H and O–H groups in total. The van der Waals surface area contributed by atoms with Gasteiger partial charge < -0.3 is 9.80 Å². The minimum Gasteiger partial charge on any atom is -0.352 e. The van der Waals surface area contributed by atoms with E-state index in [1.54, 1.807) is 35.3 Å². The van der Waals surface area contributed by atoms with Gasteiger partial charge in [-0.25, -0.2) is 19.9 Å². The molecule has 0 aromatic carbocycles. The lowest BCUT2D eigenvalue weighted by molar-refractivity contribution is 0.644. The van der Waals surface area contributed by atoms with Crippen molar-refractivity contribution in [2.24, 2.45) is 0 Å². The molecule has 0 spiro atoms. The molecule has 1 aliphatic rings. The molecule has 5 heterocycles. The standard InChI is InChI=1S/C17H16N6S2/c1-11-8-13-15(19-10-21-17(13)25-11)23-5-3-22(4-6-23)14-12-2-7-24-16(12)20-9-18-14/h2,7-10H,3-6H2,1H3. The Balaban J connectivity index is 1.42. The lowest BCUT2D eigenvalue weighted by atomic mass is 10.2. The zero-order chi connectivity index (χ0) is 16.8. The lowest BCUT2D eigenvalue weighted by Crippen LogP contribution is -2.47. The van der Waals surface area contributed by atoms with Crippen molar-refractivity contribution in [2.45, 2.75) is 6.92 Å². The Bertz CT molecular complexity index is 1050. The highest BCUT2D eigenvalue weighted by molar-refractivity contribution is 7.18. The van der Waals surface area contributed by atoms with Crippen LogP contribution in [0.15, 0.2) is 30.2 Å². The Morgan fingerprint density at radius 1 is 0.840 bits per heavy atom. The highest BCUT2D eigenvalue weighted by Crippen LogP contribution is 2.31. The minimum atomic E-state index is 0.927. The van der Waals surface area contributed by atoms with Crippen LogP contribution in [0.25, 0.3) is 20.4 Å². The Morgan fingerprint density at radius 2 is 1.48 bits per heavy atom. The van der Waals surface area contributed by atoms with Crippen LogP contribution in [0.3, 0.4) is 0 Å². The summed E-state index contributed by atoms with van der Waals surface area (Å²) >= 11 is 3.39. The molecule has 0 saturated carbocycles. The van der Waals surface area contributed by atoms with Crippen molar-refractivity contribution in [2.75, 3.05) is 36.0 Å². The van der Waals surface area contributed by atoms with Gasteiger partial charge in [-0.15, -0.1) is 22.7 Å². The molecule has 1 fully saturated rings. The zero-order valence-electron chi connectivity index (χ0n) is 13.7. The van der Waals surface area contributed by atoms with Crippen LogP contribution < -0.4 is 9.80 Å². The molecule has 1 saturated heterocycles. The highest BCUT2D eigenvalue weighted by Gasteiger charge is 2.22. The van der Waals surface area contributed by atoms with E-state index in [2.05, 4.69) is 54.2 Å². The number of hydrogen-bond donors (Lipinski definition) is 0. The van der Waals surface area contributed by atoms with E-state index < -0.39 is 0 Å². The first-order chi connectivity index (χ1) is 12.3. The van der Waals surface area contributed by atoms with E-state index in [-0.39, 0.29) is 0 Å². The van der Waals surface area contributed by atoms with Crippen molar-refractivity contribution in [3.05, 3.63) is 35.0 Å². The van der Waals surface area contributed by atoms with Gasteiger partial charge in [0.2, 0.25) is 0 Å².